The third-order valence-corrected chi connectivity index (χ3v) is 3.42. The van der Waals surface area contributed by atoms with E-state index in [1.54, 1.807) is 0 Å². The number of carbonyl (C=O) groups is 1. The Morgan fingerprint density at radius 1 is 1.18 bits per heavy atom. The van der Waals surface area contributed by atoms with Gasteiger partial charge in [-0.3, -0.25) is 4.79 Å². The van der Waals surface area contributed by atoms with Gasteiger partial charge in [0.2, 0.25) is 6.29 Å². The Labute approximate surface area is 126 Å². The van der Waals surface area contributed by atoms with Crippen molar-refractivity contribution in [1.82, 2.24) is 0 Å². The van der Waals surface area contributed by atoms with Crippen LogP contribution in [-0.4, -0.2) is 71.1 Å². The molecule has 1 unspecified atom stereocenters. The molecule has 8 heteroatoms. The van der Waals surface area contributed by atoms with E-state index in [1.165, 1.54) is 25.3 Å². The first-order chi connectivity index (χ1) is 10.5. The van der Waals surface area contributed by atoms with E-state index in [4.69, 9.17) is 19.3 Å². The molecule has 122 valence electrons. The van der Waals surface area contributed by atoms with E-state index in [-0.39, 0.29) is 11.5 Å². The molecule has 0 saturated carbocycles. The predicted molar refractivity (Wildman–Crippen MR) is 72.8 cm³/mol. The molecule has 1 aliphatic rings. The van der Waals surface area contributed by atoms with Crippen molar-refractivity contribution in [2.75, 3.05) is 13.7 Å². The summed E-state index contributed by atoms with van der Waals surface area (Å²) in [5.41, 5.74) is 0.373. The van der Waals surface area contributed by atoms with Gasteiger partial charge in [-0.15, -0.1) is 0 Å². The maximum absolute atomic E-state index is 10.7. The van der Waals surface area contributed by atoms with Crippen LogP contribution in [0.5, 0.6) is 11.5 Å². The normalized spacial score (nSPS) is 31.6. The molecule has 1 heterocycles. The zero-order valence-electron chi connectivity index (χ0n) is 11.8. The number of methoxy groups -OCH3 is 1. The second-order valence-electron chi connectivity index (χ2n) is 4.84. The van der Waals surface area contributed by atoms with Gasteiger partial charge in [0.1, 0.15) is 30.7 Å². The number of hydrogen-bond acceptors (Lipinski definition) is 8. The third-order valence-electron chi connectivity index (χ3n) is 3.42. The molecule has 8 nitrogen and oxygen atoms in total. The lowest BCUT2D eigenvalue weighted by molar-refractivity contribution is -0.277. The highest BCUT2D eigenvalue weighted by Crippen LogP contribution is 2.31. The zero-order valence-corrected chi connectivity index (χ0v) is 11.8. The van der Waals surface area contributed by atoms with E-state index in [9.17, 15) is 20.1 Å². The summed E-state index contributed by atoms with van der Waals surface area (Å²) in [4.78, 5) is 10.7. The van der Waals surface area contributed by atoms with Gasteiger partial charge in [0.15, 0.2) is 11.5 Å². The van der Waals surface area contributed by atoms with Gasteiger partial charge in [0.05, 0.1) is 13.7 Å². The van der Waals surface area contributed by atoms with E-state index in [1.807, 2.05) is 0 Å². The summed E-state index contributed by atoms with van der Waals surface area (Å²) in [7, 11) is 1.38. The van der Waals surface area contributed by atoms with Crippen molar-refractivity contribution in [2.24, 2.45) is 0 Å². The number of carbonyl (C=O) groups excluding carboxylic acids is 1. The Kier molecular flexibility index (Phi) is 5.33. The fraction of sp³-hybridized carbons (Fsp3) is 0.500. The first-order valence-corrected chi connectivity index (χ1v) is 6.62. The monoisotopic (exact) mass is 314 g/mol. The lowest BCUT2D eigenvalue weighted by atomic mass is 9.99. The summed E-state index contributed by atoms with van der Waals surface area (Å²) >= 11 is 0. The molecule has 1 aliphatic heterocycles. The minimum atomic E-state index is -1.53. The summed E-state index contributed by atoms with van der Waals surface area (Å²) < 4.78 is 15.8. The Morgan fingerprint density at radius 2 is 1.91 bits per heavy atom. The number of aliphatic hydroxyl groups excluding tert-OH is 4. The van der Waals surface area contributed by atoms with Crippen molar-refractivity contribution in [3.8, 4) is 11.5 Å². The summed E-state index contributed by atoms with van der Waals surface area (Å²) in [6.07, 6.45) is -6.25. The molecule has 4 N–H and O–H groups in total. The summed E-state index contributed by atoms with van der Waals surface area (Å²) in [5, 5.41) is 38.4. The summed E-state index contributed by atoms with van der Waals surface area (Å²) in [6.45, 7) is -0.550. The lowest BCUT2D eigenvalue weighted by Crippen LogP contribution is -2.60. The average Bonchev–Trinajstić information content (AvgIpc) is 2.55. The highest BCUT2D eigenvalue weighted by atomic mass is 16.7. The molecule has 0 aromatic heterocycles. The average molecular weight is 314 g/mol. The summed E-state index contributed by atoms with van der Waals surface area (Å²) in [6, 6.07) is 4.37. The standard InChI is InChI=1S/C14H18O8/c1-20-9-4-7(5-15)2-3-8(9)21-14-13(19)12(18)11(17)10(6-16)22-14/h2-5,10-14,16-19H,6H2,1H3/t10-,11+,12+,13-,14?/m1/s1. The van der Waals surface area contributed by atoms with Gasteiger partial charge >= 0.3 is 0 Å². The SMILES string of the molecule is COc1cc(C=O)ccc1OC1O[C@H](CO)[C@H](O)[C@H](O)[C@H]1O. The highest BCUT2D eigenvalue weighted by molar-refractivity contribution is 5.76. The van der Waals surface area contributed by atoms with Crippen molar-refractivity contribution in [1.29, 1.82) is 0 Å². The number of ether oxygens (including phenoxy) is 3. The maximum Gasteiger partial charge on any atom is 0.229 e. The van der Waals surface area contributed by atoms with E-state index < -0.39 is 37.3 Å². The molecule has 2 rings (SSSR count). The van der Waals surface area contributed by atoms with Gasteiger partial charge in [-0.1, -0.05) is 0 Å². The van der Waals surface area contributed by atoms with E-state index in [2.05, 4.69) is 0 Å². The van der Waals surface area contributed by atoms with E-state index >= 15 is 0 Å². The molecule has 1 fully saturated rings. The Balaban J connectivity index is 2.20. The molecule has 0 amide bonds. The molecule has 5 atom stereocenters. The fourth-order valence-electron chi connectivity index (χ4n) is 2.14. The molecule has 0 radical (unpaired) electrons. The van der Waals surface area contributed by atoms with Crippen LogP contribution in [0.1, 0.15) is 10.4 Å². The molecule has 1 aromatic carbocycles. The smallest absolute Gasteiger partial charge is 0.229 e. The molecule has 0 spiro atoms. The molecule has 0 bridgehead atoms. The number of aliphatic hydroxyl groups is 4. The Hall–Kier alpha value is -1.71. The number of hydrogen-bond donors (Lipinski definition) is 4. The van der Waals surface area contributed by atoms with Gasteiger partial charge in [-0.25, -0.2) is 0 Å². The molecular weight excluding hydrogens is 296 g/mol. The zero-order chi connectivity index (χ0) is 16.3. The summed E-state index contributed by atoms with van der Waals surface area (Å²) in [5.74, 6) is 0.416. The van der Waals surface area contributed by atoms with Gasteiger partial charge in [0.25, 0.3) is 0 Å². The number of aldehydes is 1. The molecule has 22 heavy (non-hydrogen) atoms. The van der Waals surface area contributed by atoms with Crippen LogP contribution in [0.25, 0.3) is 0 Å². The van der Waals surface area contributed by atoms with Crippen molar-refractivity contribution in [3.05, 3.63) is 23.8 Å². The van der Waals surface area contributed by atoms with Gasteiger partial charge in [0, 0.05) is 5.56 Å². The van der Waals surface area contributed by atoms with Crippen LogP contribution in [0.3, 0.4) is 0 Å². The number of rotatable bonds is 5. The lowest BCUT2D eigenvalue weighted by Gasteiger charge is -2.39. The topological polar surface area (TPSA) is 126 Å². The van der Waals surface area contributed by atoms with E-state index in [0.29, 0.717) is 11.8 Å². The Morgan fingerprint density at radius 3 is 2.50 bits per heavy atom. The van der Waals surface area contributed by atoms with Crippen LogP contribution < -0.4 is 9.47 Å². The highest BCUT2D eigenvalue weighted by Gasteiger charge is 2.44. The van der Waals surface area contributed by atoms with Gasteiger partial charge in [-0.2, -0.15) is 0 Å². The van der Waals surface area contributed by atoms with Crippen molar-refractivity contribution in [3.63, 3.8) is 0 Å². The van der Waals surface area contributed by atoms with Crippen LogP contribution in [0.4, 0.5) is 0 Å². The Bertz CT molecular complexity index is 518. The second-order valence-corrected chi connectivity index (χ2v) is 4.84. The van der Waals surface area contributed by atoms with Gasteiger partial charge < -0.3 is 34.6 Å². The maximum atomic E-state index is 10.7. The van der Waals surface area contributed by atoms with Gasteiger partial charge in [-0.05, 0) is 18.2 Å². The predicted octanol–water partition coefficient (Wildman–Crippen LogP) is -1.31. The van der Waals surface area contributed by atoms with E-state index in [0.717, 1.165) is 0 Å². The van der Waals surface area contributed by atoms with Crippen LogP contribution in [-0.2, 0) is 4.74 Å². The molecule has 1 saturated heterocycles. The van der Waals surface area contributed by atoms with Crippen LogP contribution in [0.15, 0.2) is 18.2 Å². The quantitative estimate of drug-likeness (QED) is 0.493. The molecular formula is C14H18O8. The second kappa shape index (κ2) is 7.03. The molecule has 1 aromatic rings. The van der Waals surface area contributed by atoms with Crippen molar-refractivity contribution in [2.45, 2.75) is 30.7 Å². The third kappa shape index (κ3) is 3.21. The first kappa shape index (κ1) is 16.7. The fourth-order valence-corrected chi connectivity index (χ4v) is 2.14. The van der Waals surface area contributed by atoms with Crippen LogP contribution >= 0.6 is 0 Å². The van der Waals surface area contributed by atoms with Crippen molar-refractivity contribution < 1.29 is 39.4 Å². The largest absolute Gasteiger partial charge is 0.493 e. The van der Waals surface area contributed by atoms with Crippen LogP contribution in [0.2, 0.25) is 0 Å². The number of benzene rings is 1. The first-order valence-electron chi connectivity index (χ1n) is 6.62. The minimum Gasteiger partial charge on any atom is -0.493 e. The van der Waals surface area contributed by atoms with Crippen molar-refractivity contribution >= 4 is 6.29 Å². The minimum absolute atomic E-state index is 0.178. The van der Waals surface area contributed by atoms with Crippen LogP contribution in [0, 0.1) is 0 Å². The molecule has 0 aliphatic carbocycles.